The Balaban J connectivity index is 2.60. The van der Waals surface area contributed by atoms with Gasteiger partial charge in [-0.2, -0.15) is 5.26 Å². The molecule has 4 heteroatoms. The summed E-state index contributed by atoms with van der Waals surface area (Å²) in [7, 11) is 0. The summed E-state index contributed by atoms with van der Waals surface area (Å²) in [6, 6.07) is 10.3. The molecule has 1 unspecified atom stereocenters. The van der Waals surface area contributed by atoms with Crippen molar-refractivity contribution in [2.24, 2.45) is 0 Å². The average Bonchev–Trinajstić information content (AvgIpc) is 2.34. The molecule has 1 amide bonds. The number of carbonyl (C=O) groups is 1. The maximum absolute atomic E-state index is 11.2. The fraction of sp³-hybridized carbons (Fsp3) is 0.167. The number of nitrogens with zero attached hydrogens (tertiary/aromatic N) is 1. The molecule has 0 saturated heterocycles. The van der Waals surface area contributed by atoms with Gasteiger partial charge in [-0.25, -0.2) is 4.79 Å². The number of hydrogen-bond donors (Lipinski definition) is 1. The van der Waals surface area contributed by atoms with E-state index in [4.69, 9.17) is 10.00 Å². The van der Waals surface area contributed by atoms with E-state index in [1.165, 1.54) is 6.08 Å². The zero-order valence-electron chi connectivity index (χ0n) is 8.72. The molecule has 0 aliphatic carbocycles. The summed E-state index contributed by atoms with van der Waals surface area (Å²) >= 11 is 0. The van der Waals surface area contributed by atoms with Gasteiger partial charge in [0.25, 0.3) is 0 Å². The van der Waals surface area contributed by atoms with E-state index in [2.05, 4.69) is 11.9 Å². The second kappa shape index (κ2) is 6.25. The topological polar surface area (TPSA) is 62.1 Å². The summed E-state index contributed by atoms with van der Waals surface area (Å²) in [5.41, 5.74) is 0.723. The number of nitrogens with one attached hydrogen (secondary N) is 1. The molecule has 0 radical (unpaired) electrons. The van der Waals surface area contributed by atoms with Gasteiger partial charge in [0.1, 0.15) is 12.6 Å². The summed E-state index contributed by atoms with van der Waals surface area (Å²) in [6.07, 6.45) is 0.832. The number of carbonyl (C=O) groups excluding carboxylic acids is 1. The van der Waals surface area contributed by atoms with Gasteiger partial charge in [-0.1, -0.05) is 43.0 Å². The van der Waals surface area contributed by atoms with E-state index >= 15 is 0 Å². The Bertz CT molecular complexity index is 395. The van der Waals surface area contributed by atoms with Crippen LogP contribution < -0.4 is 5.32 Å². The van der Waals surface area contributed by atoms with E-state index in [1.807, 2.05) is 12.1 Å². The molecule has 1 atom stereocenters. The van der Waals surface area contributed by atoms with Crippen molar-refractivity contribution >= 4 is 6.09 Å². The van der Waals surface area contributed by atoms with Crippen molar-refractivity contribution < 1.29 is 9.53 Å². The van der Waals surface area contributed by atoms with Crippen molar-refractivity contribution in [1.82, 2.24) is 5.32 Å². The van der Waals surface area contributed by atoms with E-state index < -0.39 is 12.1 Å². The lowest BCUT2D eigenvalue weighted by Gasteiger charge is -2.11. The maximum Gasteiger partial charge on any atom is 0.408 e. The summed E-state index contributed by atoms with van der Waals surface area (Å²) < 4.78 is 4.73. The molecule has 0 bridgehead atoms. The monoisotopic (exact) mass is 216 g/mol. The molecule has 1 N–H and O–H groups in total. The van der Waals surface area contributed by atoms with Crippen LogP contribution in [0.25, 0.3) is 0 Å². The molecule has 1 rings (SSSR count). The molecule has 0 aliphatic heterocycles. The number of benzene rings is 1. The number of hydrogen-bond acceptors (Lipinski definition) is 3. The first kappa shape index (κ1) is 11.8. The second-order valence-electron chi connectivity index (χ2n) is 3.00. The first-order valence-corrected chi connectivity index (χ1v) is 4.76. The lowest BCUT2D eigenvalue weighted by molar-refractivity contribution is 0.156. The third-order valence-electron chi connectivity index (χ3n) is 1.86. The molecule has 16 heavy (non-hydrogen) atoms. The molecule has 4 nitrogen and oxygen atoms in total. The van der Waals surface area contributed by atoms with Gasteiger partial charge in [0.15, 0.2) is 0 Å². The van der Waals surface area contributed by atoms with Crippen LogP contribution in [0.1, 0.15) is 11.6 Å². The predicted octanol–water partition coefficient (Wildman–Crippen LogP) is 2.16. The van der Waals surface area contributed by atoms with Gasteiger partial charge in [0.05, 0.1) is 6.07 Å². The Hall–Kier alpha value is -2.28. The number of amides is 1. The summed E-state index contributed by atoms with van der Waals surface area (Å²) in [6.45, 7) is 3.54. The Morgan fingerprint density at radius 2 is 2.25 bits per heavy atom. The van der Waals surface area contributed by atoms with Gasteiger partial charge in [-0.15, -0.1) is 0 Å². The number of alkyl carbamates (subject to hydrolysis) is 1. The minimum atomic E-state index is -0.696. The minimum absolute atomic E-state index is 0.124. The summed E-state index contributed by atoms with van der Waals surface area (Å²) in [5.74, 6) is 0. The molecule has 1 aromatic carbocycles. The van der Waals surface area contributed by atoms with Crippen LogP contribution in [0, 0.1) is 11.3 Å². The largest absolute Gasteiger partial charge is 0.445 e. The quantitative estimate of drug-likeness (QED) is 0.784. The molecular formula is C12H12N2O2. The number of ether oxygens (including phenoxy) is 1. The van der Waals surface area contributed by atoms with Gasteiger partial charge >= 0.3 is 6.09 Å². The zero-order chi connectivity index (χ0) is 11.8. The van der Waals surface area contributed by atoms with Crippen molar-refractivity contribution in [2.75, 3.05) is 6.61 Å². The van der Waals surface area contributed by atoms with Crippen LogP contribution in [-0.4, -0.2) is 12.7 Å². The lowest BCUT2D eigenvalue weighted by atomic mass is 10.1. The molecule has 0 aromatic heterocycles. The molecular weight excluding hydrogens is 204 g/mol. The maximum atomic E-state index is 11.2. The Labute approximate surface area is 94.1 Å². The Morgan fingerprint density at radius 3 is 2.81 bits per heavy atom. The Morgan fingerprint density at radius 1 is 1.56 bits per heavy atom. The zero-order valence-corrected chi connectivity index (χ0v) is 8.72. The highest BCUT2D eigenvalue weighted by Crippen LogP contribution is 2.10. The fourth-order valence-corrected chi connectivity index (χ4v) is 1.13. The van der Waals surface area contributed by atoms with Crippen LogP contribution in [0.15, 0.2) is 43.0 Å². The van der Waals surface area contributed by atoms with Crippen molar-refractivity contribution in [2.45, 2.75) is 6.04 Å². The molecule has 82 valence electrons. The SMILES string of the molecule is C=CCOC(=O)NC(C#N)c1ccccc1. The first-order chi connectivity index (χ1) is 7.77. The number of nitriles is 1. The van der Waals surface area contributed by atoms with Crippen molar-refractivity contribution in [3.63, 3.8) is 0 Å². The van der Waals surface area contributed by atoms with E-state index in [0.29, 0.717) is 0 Å². The third kappa shape index (κ3) is 3.46. The van der Waals surface area contributed by atoms with E-state index in [-0.39, 0.29) is 6.61 Å². The van der Waals surface area contributed by atoms with Crippen LogP contribution in [-0.2, 0) is 4.74 Å². The lowest BCUT2D eigenvalue weighted by Crippen LogP contribution is -2.28. The van der Waals surface area contributed by atoms with Crippen LogP contribution in [0.2, 0.25) is 0 Å². The molecule has 0 aliphatic rings. The van der Waals surface area contributed by atoms with Crippen LogP contribution in [0.3, 0.4) is 0 Å². The second-order valence-corrected chi connectivity index (χ2v) is 3.00. The summed E-state index contributed by atoms with van der Waals surface area (Å²) in [4.78, 5) is 11.2. The number of rotatable bonds is 4. The molecule has 0 saturated carbocycles. The normalized spacial score (nSPS) is 10.9. The van der Waals surface area contributed by atoms with Crippen LogP contribution >= 0.6 is 0 Å². The van der Waals surface area contributed by atoms with Gasteiger partial charge < -0.3 is 10.1 Å². The highest BCUT2D eigenvalue weighted by Gasteiger charge is 2.13. The fourth-order valence-electron chi connectivity index (χ4n) is 1.13. The predicted molar refractivity (Wildman–Crippen MR) is 59.5 cm³/mol. The van der Waals surface area contributed by atoms with E-state index in [1.54, 1.807) is 24.3 Å². The Kier molecular flexibility index (Phi) is 4.61. The van der Waals surface area contributed by atoms with Crippen molar-refractivity contribution in [3.05, 3.63) is 48.6 Å². The molecule has 0 spiro atoms. The standard InChI is InChI=1S/C12H12N2O2/c1-2-8-16-12(15)14-11(9-13)10-6-4-3-5-7-10/h2-7,11H,1,8H2,(H,14,15). The third-order valence-corrected chi connectivity index (χ3v) is 1.86. The highest BCUT2D eigenvalue weighted by atomic mass is 16.5. The van der Waals surface area contributed by atoms with Crippen molar-refractivity contribution in [1.29, 1.82) is 5.26 Å². The molecule has 1 aromatic rings. The van der Waals surface area contributed by atoms with Gasteiger partial charge in [0.2, 0.25) is 0 Å². The minimum Gasteiger partial charge on any atom is -0.445 e. The van der Waals surface area contributed by atoms with Crippen LogP contribution in [0.4, 0.5) is 4.79 Å². The smallest absolute Gasteiger partial charge is 0.408 e. The first-order valence-electron chi connectivity index (χ1n) is 4.76. The van der Waals surface area contributed by atoms with E-state index in [0.717, 1.165) is 5.56 Å². The summed E-state index contributed by atoms with van der Waals surface area (Å²) in [5, 5.41) is 11.4. The van der Waals surface area contributed by atoms with Crippen LogP contribution in [0.5, 0.6) is 0 Å². The molecule has 0 heterocycles. The van der Waals surface area contributed by atoms with Gasteiger partial charge in [-0.05, 0) is 5.56 Å². The van der Waals surface area contributed by atoms with Crippen molar-refractivity contribution in [3.8, 4) is 6.07 Å². The van der Waals surface area contributed by atoms with E-state index in [9.17, 15) is 4.79 Å². The molecule has 0 fully saturated rings. The highest BCUT2D eigenvalue weighted by molar-refractivity contribution is 5.68. The van der Waals surface area contributed by atoms with Gasteiger partial charge in [0, 0.05) is 0 Å². The average molecular weight is 216 g/mol. The van der Waals surface area contributed by atoms with Gasteiger partial charge in [-0.3, -0.25) is 0 Å².